The third kappa shape index (κ3) is 8.74. The lowest BCUT2D eigenvalue weighted by Crippen LogP contribution is -2.42. The number of carbonyl (C=O) groups is 2. The van der Waals surface area contributed by atoms with Crippen LogP contribution in [0.2, 0.25) is 0 Å². The summed E-state index contributed by atoms with van der Waals surface area (Å²) in [5, 5.41) is 31.7. The van der Waals surface area contributed by atoms with E-state index in [1.165, 1.54) is 26.2 Å². The molecular weight excluding hydrogens is 529 g/mol. The number of carbonyl (C=O) groups excluding carboxylic acids is 2. The minimum atomic E-state index is -1.68. The average molecular weight is 566 g/mol. The second-order valence-corrected chi connectivity index (χ2v) is 11.1. The molecular formula is C29H36FN7O4. The first-order valence-corrected chi connectivity index (χ1v) is 13.1. The summed E-state index contributed by atoms with van der Waals surface area (Å²) in [6.45, 7) is 12.0. The monoisotopic (exact) mass is 565 g/mol. The number of aliphatic hydroxyl groups is 1. The van der Waals surface area contributed by atoms with Crippen LogP contribution in [-0.4, -0.2) is 62.2 Å². The number of alkyl carbamates (subject to hydrolysis) is 1. The van der Waals surface area contributed by atoms with Gasteiger partial charge in [-0.3, -0.25) is 9.78 Å². The molecule has 12 heteroatoms. The number of halogens is 1. The summed E-state index contributed by atoms with van der Waals surface area (Å²) in [5.74, 6) is -0.588. The van der Waals surface area contributed by atoms with Crippen molar-refractivity contribution in [2.75, 3.05) is 18.4 Å². The number of anilines is 1. The van der Waals surface area contributed by atoms with E-state index in [0.717, 1.165) is 0 Å². The van der Waals surface area contributed by atoms with E-state index in [-0.39, 0.29) is 5.56 Å². The summed E-state index contributed by atoms with van der Waals surface area (Å²) < 4.78 is 21.1. The highest BCUT2D eigenvalue weighted by atomic mass is 19.1. The van der Waals surface area contributed by atoms with Crippen LogP contribution in [0.4, 0.5) is 14.9 Å². The molecule has 3 aromatic heterocycles. The van der Waals surface area contributed by atoms with Gasteiger partial charge in [-0.1, -0.05) is 6.58 Å². The van der Waals surface area contributed by atoms with E-state index in [9.17, 15) is 19.1 Å². The van der Waals surface area contributed by atoms with Crippen LogP contribution in [0.25, 0.3) is 16.9 Å². The Labute approximate surface area is 238 Å². The maximum absolute atomic E-state index is 14.3. The third-order valence-electron chi connectivity index (χ3n) is 5.88. The van der Waals surface area contributed by atoms with Crippen molar-refractivity contribution >= 4 is 23.2 Å². The number of hydrogen-bond acceptors (Lipinski definition) is 8. The molecule has 0 aliphatic carbocycles. The molecule has 218 valence electrons. The van der Waals surface area contributed by atoms with Crippen LogP contribution in [0, 0.1) is 11.3 Å². The van der Waals surface area contributed by atoms with Crippen molar-refractivity contribution in [2.24, 2.45) is 0 Å². The first kappa shape index (κ1) is 31.0. The van der Waals surface area contributed by atoms with E-state index in [1.54, 1.807) is 49.6 Å². The van der Waals surface area contributed by atoms with E-state index in [1.807, 2.05) is 0 Å². The fourth-order valence-electron chi connectivity index (χ4n) is 3.72. The van der Waals surface area contributed by atoms with Gasteiger partial charge in [0.2, 0.25) is 0 Å². The van der Waals surface area contributed by atoms with Crippen LogP contribution < -0.4 is 16.0 Å². The number of nitrogens with one attached hydrogen (secondary N) is 3. The van der Waals surface area contributed by atoms with Crippen LogP contribution in [0.5, 0.6) is 0 Å². The molecule has 3 heterocycles. The molecule has 0 saturated carbocycles. The third-order valence-corrected chi connectivity index (χ3v) is 5.88. The molecule has 0 bridgehead atoms. The first-order chi connectivity index (χ1) is 19.2. The smallest absolute Gasteiger partial charge is 0.407 e. The van der Waals surface area contributed by atoms with Gasteiger partial charge in [0.15, 0.2) is 0 Å². The number of nitriles is 1. The molecule has 0 saturated heterocycles. The Hall–Kier alpha value is -4.50. The summed E-state index contributed by atoms with van der Waals surface area (Å²) in [6.07, 6.45) is 1.63. The summed E-state index contributed by atoms with van der Waals surface area (Å²) in [6, 6.07) is 9.00. The van der Waals surface area contributed by atoms with Crippen molar-refractivity contribution < 1.29 is 23.8 Å². The van der Waals surface area contributed by atoms with E-state index >= 15 is 0 Å². The van der Waals surface area contributed by atoms with Gasteiger partial charge in [-0.05, 0) is 71.7 Å². The van der Waals surface area contributed by atoms with E-state index < -0.39 is 35.9 Å². The molecule has 3 aromatic rings. The second kappa shape index (κ2) is 12.8. The number of fused-ring (bicyclic) bond motifs is 1. The molecule has 11 nitrogen and oxygen atoms in total. The molecule has 0 aliphatic rings. The van der Waals surface area contributed by atoms with Crippen molar-refractivity contribution in [3.8, 4) is 17.5 Å². The number of alkyl halides is 1. The van der Waals surface area contributed by atoms with Gasteiger partial charge in [-0.2, -0.15) is 10.4 Å². The standard InChI is InChI=1S/C29H36FN7O4/c1-18(8-7-11-32-27(39)41-28(2,3)4)36-22-13-23(24-10-9-20-12-19(14-31)15-35-37(20)24)33-16-21(22)26(38)34-17-25(30)29(5,6)40/h9-10,12-13,15-16,25,40H,1,7-8,11,17H2,2-6H3,(H,32,39)(H,33,36)(H,34,38)/t25-/m1/s1. The SMILES string of the molecule is C=C(CCCNC(=O)OC(C)(C)C)Nc1cc(-c2ccc3cc(C#N)cnn23)ncc1C(=O)NC[C@@H](F)C(C)(C)O. The largest absolute Gasteiger partial charge is 0.444 e. The Bertz CT molecular complexity index is 1460. The van der Waals surface area contributed by atoms with Gasteiger partial charge in [0.1, 0.15) is 17.8 Å². The van der Waals surface area contributed by atoms with Crippen molar-refractivity contribution in [2.45, 2.75) is 64.8 Å². The predicted octanol–water partition coefficient (Wildman–Crippen LogP) is 4.34. The number of pyridine rings is 1. The highest BCUT2D eigenvalue weighted by Gasteiger charge is 2.27. The van der Waals surface area contributed by atoms with Gasteiger partial charge in [0.25, 0.3) is 5.91 Å². The minimum absolute atomic E-state index is 0.144. The molecule has 3 rings (SSSR count). The zero-order chi connectivity index (χ0) is 30.4. The Kier molecular flexibility index (Phi) is 9.67. The quantitative estimate of drug-likeness (QED) is 0.251. The van der Waals surface area contributed by atoms with E-state index in [0.29, 0.717) is 53.2 Å². The summed E-state index contributed by atoms with van der Waals surface area (Å²) in [7, 11) is 0. The van der Waals surface area contributed by atoms with E-state index in [2.05, 4.69) is 38.7 Å². The number of nitrogens with zero attached hydrogens (tertiary/aromatic N) is 4. The maximum Gasteiger partial charge on any atom is 0.407 e. The normalized spacial score (nSPS) is 12.3. The highest BCUT2D eigenvalue weighted by molar-refractivity contribution is 6.00. The molecule has 0 fully saturated rings. The summed E-state index contributed by atoms with van der Waals surface area (Å²) in [5.41, 5.74) is 1.09. The Balaban J connectivity index is 1.80. The number of ether oxygens (including phenoxy) is 1. The zero-order valence-corrected chi connectivity index (χ0v) is 23.9. The molecule has 2 amide bonds. The van der Waals surface area contributed by atoms with Gasteiger partial charge in [0, 0.05) is 18.4 Å². The van der Waals surface area contributed by atoms with Crippen molar-refractivity contribution in [3.63, 3.8) is 0 Å². The minimum Gasteiger partial charge on any atom is -0.444 e. The Morgan fingerprint density at radius 2 is 1.93 bits per heavy atom. The number of aromatic nitrogens is 3. The fraction of sp³-hybridized carbons (Fsp3) is 0.414. The van der Waals surface area contributed by atoms with Crippen LogP contribution in [-0.2, 0) is 4.74 Å². The summed E-state index contributed by atoms with van der Waals surface area (Å²) >= 11 is 0. The first-order valence-electron chi connectivity index (χ1n) is 13.1. The highest BCUT2D eigenvalue weighted by Crippen LogP contribution is 2.27. The van der Waals surface area contributed by atoms with Gasteiger partial charge in [-0.25, -0.2) is 13.7 Å². The molecule has 1 atom stereocenters. The van der Waals surface area contributed by atoms with Gasteiger partial charge in [0.05, 0.1) is 52.1 Å². The van der Waals surface area contributed by atoms with Gasteiger partial charge < -0.3 is 25.8 Å². The van der Waals surface area contributed by atoms with Crippen LogP contribution in [0.3, 0.4) is 0 Å². The van der Waals surface area contributed by atoms with Crippen molar-refractivity contribution in [3.05, 3.63) is 60.1 Å². The molecule has 0 aliphatic heterocycles. The van der Waals surface area contributed by atoms with Gasteiger partial charge >= 0.3 is 6.09 Å². The average Bonchev–Trinajstić information content (AvgIpc) is 3.31. The van der Waals surface area contributed by atoms with Crippen molar-refractivity contribution in [1.29, 1.82) is 5.26 Å². The molecule has 41 heavy (non-hydrogen) atoms. The number of allylic oxidation sites excluding steroid dienone is 1. The molecule has 0 unspecified atom stereocenters. The molecule has 4 N–H and O–H groups in total. The van der Waals surface area contributed by atoms with Gasteiger partial charge in [-0.15, -0.1) is 0 Å². The lowest BCUT2D eigenvalue weighted by molar-refractivity contribution is -0.00178. The number of rotatable bonds is 11. The van der Waals surface area contributed by atoms with Crippen LogP contribution >= 0.6 is 0 Å². The van der Waals surface area contributed by atoms with Crippen LogP contribution in [0.15, 0.2) is 48.9 Å². The van der Waals surface area contributed by atoms with Crippen molar-refractivity contribution in [1.82, 2.24) is 25.2 Å². The summed E-state index contributed by atoms with van der Waals surface area (Å²) in [4.78, 5) is 29.3. The molecule has 0 aromatic carbocycles. The number of hydrogen-bond donors (Lipinski definition) is 4. The number of amides is 2. The lowest BCUT2D eigenvalue weighted by Gasteiger charge is -2.23. The second-order valence-electron chi connectivity index (χ2n) is 11.1. The zero-order valence-electron chi connectivity index (χ0n) is 23.9. The van der Waals surface area contributed by atoms with Crippen LogP contribution in [0.1, 0.15) is 63.4 Å². The topological polar surface area (TPSA) is 154 Å². The lowest BCUT2D eigenvalue weighted by atomic mass is 10.0. The molecule has 0 radical (unpaired) electrons. The maximum atomic E-state index is 14.3. The predicted molar refractivity (Wildman–Crippen MR) is 153 cm³/mol. The molecule has 0 spiro atoms. The fourth-order valence-corrected chi connectivity index (χ4v) is 3.72. The Morgan fingerprint density at radius 3 is 2.59 bits per heavy atom. The van der Waals surface area contributed by atoms with E-state index in [4.69, 9.17) is 10.00 Å². The Morgan fingerprint density at radius 1 is 1.20 bits per heavy atom.